The maximum absolute atomic E-state index is 10.9. The van der Waals surface area contributed by atoms with Gasteiger partial charge in [-0.3, -0.25) is 9.79 Å². The Bertz CT molecular complexity index is 315. The Balaban J connectivity index is 2.41. The van der Waals surface area contributed by atoms with E-state index >= 15 is 0 Å². The predicted octanol–water partition coefficient (Wildman–Crippen LogP) is -0.0297. The van der Waals surface area contributed by atoms with Crippen molar-refractivity contribution in [3.8, 4) is 0 Å². The quantitative estimate of drug-likeness (QED) is 0.591. The van der Waals surface area contributed by atoms with Gasteiger partial charge in [0.05, 0.1) is 24.3 Å². The highest BCUT2D eigenvalue weighted by Crippen LogP contribution is 2.26. The lowest BCUT2D eigenvalue weighted by atomic mass is 10.0. The summed E-state index contributed by atoms with van der Waals surface area (Å²) >= 11 is 0. The van der Waals surface area contributed by atoms with Crippen molar-refractivity contribution >= 4 is 12.1 Å². The predicted molar refractivity (Wildman–Crippen MR) is 43.3 cm³/mol. The SMILES string of the molecule is NC(=O)C1=C2OC=CC2CN=C1. The fourth-order valence-corrected chi connectivity index (χ4v) is 1.30. The maximum Gasteiger partial charge on any atom is 0.253 e. The monoisotopic (exact) mass is 164 g/mol. The topological polar surface area (TPSA) is 64.7 Å². The van der Waals surface area contributed by atoms with Gasteiger partial charge in [-0.2, -0.15) is 0 Å². The van der Waals surface area contributed by atoms with E-state index in [-0.39, 0.29) is 5.92 Å². The second-order valence-corrected chi connectivity index (χ2v) is 2.69. The summed E-state index contributed by atoms with van der Waals surface area (Å²) in [4.78, 5) is 14.9. The van der Waals surface area contributed by atoms with Gasteiger partial charge in [-0.05, 0) is 6.08 Å². The summed E-state index contributed by atoms with van der Waals surface area (Å²) in [5.41, 5.74) is 5.51. The second kappa shape index (κ2) is 2.48. The lowest BCUT2D eigenvalue weighted by Crippen LogP contribution is -2.22. The molecule has 12 heavy (non-hydrogen) atoms. The van der Waals surface area contributed by atoms with E-state index in [1.165, 1.54) is 6.21 Å². The van der Waals surface area contributed by atoms with Crippen LogP contribution < -0.4 is 5.73 Å². The molecule has 0 saturated heterocycles. The van der Waals surface area contributed by atoms with Crippen molar-refractivity contribution in [2.45, 2.75) is 0 Å². The summed E-state index contributed by atoms with van der Waals surface area (Å²) in [5.74, 6) is 0.261. The summed E-state index contributed by atoms with van der Waals surface area (Å²) in [5, 5.41) is 0. The number of fused-ring (bicyclic) bond motifs is 1. The van der Waals surface area contributed by atoms with Gasteiger partial charge in [0, 0.05) is 6.21 Å². The van der Waals surface area contributed by atoms with Gasteiger partial charge >= 0.3 is 0 Å². The normalized spacial score (nSPS) is 25.5. The van der Waals surface area contributed by atoms with Crippen LogP contribution in [0.4, 0.5) is 0 Å². The highest BCUT2D eigenvalue weighted by Gasteiger charge is 2.26. The average Bonchev–Trinajstić information content (AvgIpc) is 2.49. The number of aliphatic imine (C=N–C) groups is 1. The molecule has 4 heteroatoms. The van der Waals surface area contributed by atoms with E-state index < -0.39 is 5.91 Å². The number of rotatable bonds is 1. The van der Waals surface area contributed by atoms with Gasteiger partial charge in [0.25, 0.3) is 5.91 Å². The third kappa shape index (κ3) is 0.922. The van der Waals surface area contributed by atoms with E-state index in [9.17, 15) is 4.79 Å². The minimum Gasteiger partial charge on any atom is -0.468 e. The van der Waals surface area contributed by atoms with E-state index in [0.717, 1.165) is 0 Å². The molecule has 4 nitrogen and oxygen atoms in total. The van der Waals surface area contributed by atoms with Crippen molar-refractivity contribution < 1.29 is 9.53 Å². The number of amides is 1. The van der Waals surface area contributed by atoms with Crippen molar-refractivity contribution in [2.24, 2.45) is 16.6 Å². The smallest absolute Gasteiger partial charge is 0.253 e. The summed E-state index contributed by atoms with van der Waals surface area (Å²) < 4.78 is 5.14. The minimum absolute atomic E-state index is 0.109. The van der Waals surface area contributed by atoms with E-state index in [1.54, 1.807) is 6.26 Å². The van der Waals surface area contributed by atoms with Crippen LogP contribution in [0.2, 0.25) is 0 Å². The zero-order valence-corrected chi connectivity index (χ0v) is 6.36. The van der Waals surface area contributed by atoms with E-state index in [1.807, 2.05) is 6.08 Å². The summed E-state index contributed by atoms with van der Waals surface area (Å²) in [6, 6.07) is 0. The third-order valence-corrected chi connectivity index (χ3v) is 1.90. The molecule has 0 aromatic carbocycles. The molecule has 1 amide bonds. The molecule has 0 bridgehead atoms. The second-order valence-electron chi connectivity index (χ2n) is 2.69. The van der Waals surface area contributed by atoms with Crippen LogP contribution in [0.25, 0.3) is 0 Å². The van der Waals surface area contributed by atoms with E-state index in [2.05, 4.69) is 4.99 Å². The summed E-state index contributed by atoms with van der Waals surface area (Å²) in [6.07, 6.45) is 4.91. The molecule has 2 aliphatic heterocycles. The van der Waals surface area contributed by atoms with Crippen LogP contribution in [0.5, 0.6) is 0 Å². The molecule has 2 aliphatic rings. The fourth-order valence-electron chi connectivity index (χ4n) is 1.30. The number of nitrogens with zero attached hydrogens (tertiary/aromatic N) is 1. The third-order valence-electron chi connectivity index (χ3n) is 1.90. The molecule has 0 aromatic heterocycles. The molecular weight excluding hydrogens is 156 g/mol. The zero-order chi connectivity index (χ0) is 8.55. The van der Waals surface area contributed by atoms with Crippen molar-refractivity contribution in [2.75, 3.05) is 6.54 Å². The van der Waals surface area contributed by atoms with Crippen molar-refractivity contribution in [1.29, 1.82) is 0 Å². The lowest BCUT2D eigenvalue weighted by Gasteiger charge is -2.13. The Morgan fingerprint density at radius 3 is 3.33 bits per heavy atom. The van der Waals surface area contributed by atoms with Crippen LogP contribution >= 0.6 is 0 Å². The van der Waals surface area contributed by atoms with Crippen LogP contribution in [0.3, 0.4) is 0 Å². The Hall–Kier alpha value is -1.58. The number of hydrogen-bond donors (Lipinski definition) is 1. The maximum atomic E-state index is 10.9. The largest absolute Gasteiger partial charge is 0.468 e. The standard InChI is InChI=1S/C8H8N2O2/c9-8(11)6-4-10-3-5-1-2-12-7(5)6/h1-2,4-5H,3H2,(H2,9,11). The number of carbonyl (C=O) groups excluding carboxylic acids is 1. The van der Waals surface area contributed by atoms with Gasteiger partial charge in [-0.25, -0.2) is 0 Å². The Morgan fingerprint density at radius 2 is 2.58 bits per heavy atom. The van der Waals surface area contributed by atoms with Gasteiger partial charge in [0.15, 0.2) is 0 Å². The molecule has 2 N–H and O–H groups in total. The molecule has 62 valence electrons. The molecule has 2 rings (SSSR count). The fraction of sp³-hybridized carbons (Fsp3) is 0.250. The summed E-state index contributed by atoms with van der Waals surface area (Å²) in [6.45, 7) is 0.641. The number of hydrogen-bond acceptors (Lipinski definition) is 3. The number of ether oxygens (including phenoxy) is 1. The van der Waals surface area contributed by atoms with Gasteiger partial charge in [0.1, 0.15) is 5.76 Å². The van der Waals surface area contributed by atoms with Crippen LogP contribution in [0.1, 0.15) is 0 Å². The van der Waals surface area contributed by atoms with Gasteiger partial charge in [-0.1, -0.05) is 0 Å². The van der Waals surface area contributed by atoms with Crippen molar-refractivity contribution in [1.82, 2.24) is 0 Å². The number of primary amides is 1. The molecule has 0 fully saturated rings. The Labute approximate surface area is 69.4 Å². The van der Waals surface area contributed by atoms with Gasteiger partial charge < -0.3 is 10.5 Å². The molecule has 0 aliphatic carbocycles. The first-order chi connectivity index (χ1) is 5.79. The van der Waals surface area contributed by atoms with E-state index in [4.69, 9.17) is 10.5 Å². The first kappa shape index (κ1) is 7.09. The number of dihydropyridines is 1. The molecule has 0 aromatic rings. The highest BCUT2D eigenvalue weighted by atomic mass is 16.5. The molecular formula is C8H8N2O2. The molecule has 0 spiro atoms. The molecule has 0 radical (unpaired) electrons. The van der Waals surface area contributed by atoms with Crippen LogP contribution in [-0.2, 0) is 9.53 Å². The van der Waals surface area contributed by atoms with Crippen molar-refractivity contribution in [3.05, 3.63) is 23.7 Å². The highest BCUT2D eigenvalue weighted by molar-refractivity contribution is 6.12. The van der Waals surface area contributed by atoms with Gasteiger partial charge in [0.2, 0.25) is 0 Å². The molecule has 1 atom stereocenters. The summed E-state index contributed by atoms with van der Waals surface area (Å²) in [7, 11) is 0. The molecule has 2 heterocycles. The first-order valence-corrected chi connectivity index (χ1v) is 3.66. The Kier molecular flexibility index (Phi) is 1.46. The van der Waals surface area contributed by atoms with Gasteiger partial charge in [-0.15, -0.1) is 0 Å². The zero-order valence-electron chi connectivity index (χ0n) is 6.36. The lowest BCUT2D eigenvalue weighted by molar-refractivity contribution is -0.114. The van der Waals surface area contributed by atoms with Crippen LogP contribution in [0, 0.1) is 5.92 Å². The van der Waals surface area contributed by atoms with Crippen molar-refractivity contribution in [3.63, 3.8) is 0 Å². The molecule has 0 saturated carbocycles. The molecule has 1 unspecified atom stereocenters. The first-order valence-electron chi connectivity index (χ1n) is 3.66. The van der Waals surface area contributed by atoms with Crippen LogP contribution in [0.15, 0.2) is 28.7 Å². The average molecular weight is 164 g/mol. The minimum atomic E-state index is -0.484. The number of nitrogens with two attached hydrogens (primary N) is 1. The Morgan fingerprint density at radius 1 is 1.75 bits per heavy atom. The van der Waals surface area contributed by atoms with Crippen LogP contribution in [-0.4, -0.2) is 18.7 Å². The number of carbonyl (C=O) groups is 1. The van der Waals surface area contributed by atoms with E-state index in [0.29, 0.717) is 17.9 Å².